The van der Waals surface area contributed by atoms with Crippen molar-refractivity contribution < 1.29 is 4.74 Å². The first-order valence-electron chi connectivity index (χ1n) is 5.61. The molecular formula is C13H15N3O. The van der Waals surface area contributed by atoms with Crippen LogP contribution in [0, 0.1) is 0 Å². The SMILES string of the molecule is CCOc1ccc(NCc2ncccn2)cc1. The topological polar surface area (TPSA) is 47.0 Å². The van der Waals surface area contributed by atoms with Gasteiger partial charge in [0.05, 0.1) is 13.2 Å². The van der Waals surface area contributed by atoms with Gasteiger partial charge in [-0.1, -0.05) is 0 Å². The molecule has 0 saturated heterocycles. The van der Waals surface area contributed by atoms with Crippen LogP contribution in [0.15, 0.2) is 42.7 Å². The van der Waals surface area contributed by atoms with Gasteiger partial charge in [-0.3, -0.25) is 0 Å². The van der Waals surface area contributed by atoms with E-state index in [2.05, 4.69) is 15.3 Å². The average molecular weight is 229 g/mol. The minimum absolute atomic E-state index is 0.620. The fraction of sp³-hybridized carbons (Fsp3) is 0.231. The van der Waals surface area contributed by atoms with Crippen LogP contribution in [0.1, 0.15) is 12.7 Å². The molecule has 0 atom stereocenters. The minimum atomic E-state index is 0.620. The van der Waals surface area contributed by atoms with Crippen LogP contribution in [-0.2, 0) is 6.54 Å². The Labute approximate surface area is 101 Å². The van der Waals surface area contributed by atoms with E-state index in [0.29, 0.717) is 13.2 Å². The molecular weight excluding hydrogens is 214 g/mol. The standard InChI is InChI=1S/C13H15N3O/c1-2-17-12-6-4-11(5-7-12)16-10-13-14-8-3-9-15-13/h3-9,16H,2,10H2,1H3. The molecule has 0 saturated carbocycles. The van der Waals surface area contributed by atoms with Gasteiger partial charge in [0.1, 0.15) is 11.6 Å². The smallest absolute Gasteiger partial charge is 0.147 e. The Balaban J connectivity index is 1.91. The lowest BCUT2D eigenvalue weighted by Crippen LogP contribution is -2.03. The summed E-state index contributed by atoms with van der Waals surface area (Å²) >= 11 is 0. The third-order valence-electron chi connectivity index (χ3n) is 2.24. The summed E-state index contributed by atoms with van der Waals surface area (Å²) in [5, 5.41) is 3.25. The van der Waals surface area contributed by atoms with Crippen LogP contribution in [0.4, 0.5) is 5.69 Å². The molecule has 4 heteroatoms. The van der Waals surface area contributed by atoms with Gasteiger partial charge in [0, 0.05) is 18.1 Å². The summed E-state index contributed by atoms with van der Waals surface area (Å²) in [5.41, 5.74) is 1.03. The number of ether oxygens (including phenoxy) is 1. The monoisotopic (exact) mass is 229 g/mol. The van der Waals surface area contributed by atoms with Gasteiger partial charge in [0.15, 0.2) is 0 Å². The normalized spacial score (nSPS) is 9.94. The number of benzene rings is 1. The molecule has 0 spiro atoms. The minimum Gasteiger partial charge on any atom is -0.494 e. The van der Waals surface area contributed by atoms with E-state index >= 15 is 0 Å². The fourth-order valence-electron chi connectivity index (χ4n) is 1.44. The van der Waals surface area contributed by atoms with Gasteiger partial charge in [0.25, 0.3) is 0 Å². The Morgan fingerprint density at radius 2 is 1.82 bits per heavy atom. The van der Waals surface area contributed by atoms with E-state index in [1.54, 1.807) is 18.5 Å². The maximum atomic E-state index is 5.37. The molecule has 0 aliphatic carbocycles. The first-order valence-corrected chi connectivity index (χ1v) is 5.61. The second-order valence-electron chi connectivity index (χ2n) is 3.48. The molecule has 0 fully saturated rings. The van der Waals surface area contributed by atoms with Gasteiger partial charge in [0.2, 0.25) is 0 Å². The second kappa shape index (κ2) is 5.84. The molecule has 1 aromatic heterocycles. The van der Waals surface area contributed by atoms with E-state index in [1.807, 2.05) is 31.2 Å². The van der Waals surface area contributed by atoms with Crippen molar-refractivity contribution in [2.24, 2.45) is 0 Å². The Bertz CT molecular complexity index is 442. The van der Waals surface area contributed by atoms with E-state index in [1.165, 1.54) is 0 Å². The predicted octanol–water partition coefficient (Wildman–Crippen LogP) is 2.49. The van der Waals surface area contributed by atoms with E-state index < -0.39 is 0 Å². The van der Waals surface area contributed by atoms with Crippen LogP contribution in [0.3, 0.4) is 0 Å². The number of hydrogen-bond acceptors (Lipinski definition) is 4. The highest BCUT2D eigenvalue weighted by Crippen LogP contribution is 2.15. The lowest BCUT2D eigenvalue weighted by Gasteiger charge is -2.07. The molecule has 0 unspecified atom stereocenters. The average Bonchev–Trinajstić information content (AvgIpc) is 2.40. The van der Waals surface area contributed by atoms with Crippen molar-refractivity contribution in [3.05, 3.63) is 48.5 Å². The number of anilines is 1. The zero-order valence-electron chi connectivity index (χ0n) is 9.76. The van der Waals surface area contributed by atoms with Crippen LogP contribution in [-0.4, -0.2) is 16.6 Å². The highest BCUT2D eigenvalue weighted by atomic mass is 16.5. The Hall–Kier alpha value is -2.10. The van der Waals surface area contributed by atoms with E-state index in [4.69, 9.17) is 4.74 Å². The molecule has 1 N–H and O–H groups in total. The fourth-order valence-corrected chi connectivity index (χ4v) is 1.44. The van der Waals surface area contributed by atoms with Crippen molar-refractivity contribution in [3.63, 3.8) is 0 Å². The summed E-state index contributed by atoms with van der Waals surface area (Å²) in [7, 11) is 0. The summed E-state index contributed by atoms with van der Waals surface area (Å²) in [5.74, 6) is 1.66. The van der Waals surface area contributed by atoms with Crippen LogP contribution in [0.25, 0.3) is 0 Å². The van der Waals surface area contributed by atoms with Gasteiger partial charge >= 0.3 is 0 Å². The van der Waals surface area contributed by atoms with Crippen molar-refractivity contribution in [3.8, 4) is 5.75 Å². The molecule has 1 heterocycles. The molecule has 1 aromatic carbocycles. The van der Waals surface area contributed by atoms with Crippen LogP contribution < -0.4 is 10.1 Å². The highest BCUT2D eigenvalue weighted by Gasteiger charge is 1.96. The molecule has 0 radical (unpaired) electrons. The third kappa shape index (κ3) is 3.45. The highest BCUT2D eigenvalue weighted by molar-refractivity contribution is 5.46. The van der Waals surface area contributed by atoms with Crippen LogP contribution in [0.2, 0.25) is 0 Å². The molecule has 0 amide bonds. The van der Waals surface area contributed by atoms with Gasteiger partial charge in [-0.2, -0.15) is 0 Å². The predicted molar refractivity (Wildman–Crippen MR) is 67.0 cm³/mol. The number of aromatic nitrogens is 2. The van der Waals surface area contributed by atoms with Crippen molar-refractivity contribution >= 4 is 5.69 Å². The summed E-state index contributed by atoms with van der Waals surface area (Å²) in [6.45, 7) is 3.28. The number of rotatable bonds is 5. The lowest BCUT2D eigenvalue weighted by atomic mass is 10.3. The molecule has 0 aliphatic rings. The summed E-state index contributed by atoms with van der Waals surface area (Å²) in [6, 6.07) is 9.65. The second-order valence-corrected chi connectivity index (χ2v) is 3.48. The first-order chi connectivity index (χ1) is 8.38. The lowest BCUT2D eigenvalue weighted by molar-refractivity contribution is 0.340. The Morgan fingerprint density at radius 1 is 1.12 bits per heavy atom. The Morgan fingerprint density at radius 3 is 2.47 bits per heavy atom. The van der Waals surface area contributed by atoms with Gasteiger partial charge in [-0.25, -0.2) is 9.97 Å². The summed E-state index contributed by atoms with van der Waals surface area (Å²) in [4.78, 5) is 8.28. The zero-order chi connectivity index (χ0) is 11.9. The van der Waals surface area contributed by atoms with Gasteiger partial charge in [-0.05, 0) is 37.3 Å². The van der Waals surface area contributed by atoms with Crippen molar-refractivity contribution in [2.75, 3.05) is 11.9 Å². The molecule has 88 valence electrons. The zero-order valence-corrected chi connectivity index (χ0v) is 9.76. The maximum absolute atomic E-state index is 5.37. The third-order valence-corrected chi connectivity index (χ3v) is 2.24. The maximum Gasteiger partial charge on any atom is 0.147 e. The molecule has 0 bridgehead atoms. The number of nitrogens with zero attached hydrogens (tertiary/aromatic N) is 2. The molecule has 2 aromatic rings. The molecule has 17 heavy (non-hydrogen) atoms. The van der Waals surface area contributed by atoms with Crippen LogP contribution in [0.5, 0.6) is 5.75 Å². The van der Waals surface area contributed by atoms with E-state index in [0.717, 1.165) is 17.3 Å². The van der Waals surface area contributed by atoms with Crippen molar-refractivity contribution in [2.45, 2.75) is 13.5 Å². The Kier molecular flexibility index (Phi) is 3.91. The van der Waals surface area contributed by atoms with Gasteiger partial charge in [-0.15, -0.1) is 0 Å². The first kappa shape index (κ1) is 11.4. The van der Waals surface area contributed by atoms with E-state index in [9.17, 15) is 0 Å². The quantitative estimate of drug-likeness (QED) is 0.855. The van der Waals surface area contributed by atoms with Crippen LogP contribution >= 0.6 is 0 Å². The van der Waals surface area contributed by atoms with Gasteiger partial charge < -0.3 is 10.1 Å². The van der Waals surface area contributed by atoms with Crippen molar-refractivity contribution in [1.82, 2.24) is 9.97 Å². The van der Waals surface area contributed by atoms with Crippen molar-refractivity contribution in [1.29, 1.82) is 0 Å². The largest absolute Gasteiger partial charge is 0.494 e. The molecule has 2 rings (SSSR count). The number of hydrogen-bond donors (Lipinski definition) is 1. The summed E-state index contributed by atoms with van der Waals surface area (Å²) < 4.78 is 5.37. The number of nitrogens with one attached hydrogen (secondary N) is 1. The molecule has 0 aliphatic heterocycles. The molecule has 4 nitrogen and oxygen atoms in total. The van der Waals surface area contributed by atoms with E-state index in [-0.39, 0.29) is 0 Å². The summed E-state index contributed by atoms with van der Waals surface area (Å²) in [6.07, 6.45) is 3.48.